The van der Waals surface area contributed by atoms with Crippen LogP contribution in [0.15, 0.2) is 0 Å². The zero-order valence-electron chi connectivity index (χ0n) is 15.0. The highest BCUT2D eigenvalue weighted by Gasteiger charge is 2.51. The Labute approximate surface area is 150 Å². The molecular weight excluding hydrogens is 351 g/mol. The number of nitrogens with zero attached hydrogens (tertiary/aromatic N) is 3. The molecule has 1 saturated carbocycles. The molecule has 0 atom stereocenters. The maximum absolute atomic E-state index is 12.7. The molecule has 6 nitrogen and oxygen atoms in total. The SMILES string of the molecule is CC(=O)N(CC(F)(F)F)C1CCN(C2CC3(CCN(C(=O)O)C3)C2)CC1. The lowest BCUT2D eigenvalue weighted by molar-refractivity contribution is -0.166. The molecule has 26 heavy (non-hydrogen) atoms. The molecule has 9 heteroatoms. The number of hydrogen-bond acceptors (Lipinski definition) is 3. The van der Waals surface area contributed by atoms with Crippen LogP contribution < -0.4 is 0 Å². The van der Waals surface area contributed by atoms with Crippen molar-refractivity contribution in [3.63, 3.8) is 0 Å². The van der Waals surface area contributed by atoms with Crippen molar-refractivity contribution in [2.45, 2.75) is 57.3 Å². The summed E-state index contributed by atoms with van der Waals surface area (Å²) in [5, 5.41) is 9.09. The Morgan fingerprint density at radius 3 is 2.27 bits per heavy atom. The lowest BCUT2D eigenvalue weighted by Gasteiger charge is -2.52. The standard InChI is InChI=1S/C17H26F3N3O3/c1-12(24)23(11-17(18,19)20)13-2-5-21(6-3-13)14-8-16(9-14)4-7-22(10-16)15(25)26/h13-14H,2-11H2,1H3,(H,25,26). The maximum atomic E-state index is 12.7. The molecule has 3 rings (SSSR count). The predicted octanol–water partition coefficient (Wildman–Crippen LogP) is 2.39. The van der Waals surface area contributed by atoms with E-state index in [1.165, 1.54) is 11.8 Å². The molecule has 148 valence electrons. The van der Waals surface area contributed by atoms with Crippen LogP contribution in [0.4, 0.5) is 18.0 Å². The summed E-state index contributed by atoms with van der Waals surface area (Å²) in [6.45, 7) is 2.59. The van der Waals surface area contributed by atoms with Gasteiger partial charge in [0.05, 0.1) is 0 Å². The Hall–Kier alpha value is -1.51. The number of carbonyl (C=O) groups is 2. The van der Waals surface area contributed by atoms with Gasteiger partial charge in [-0.05, 0) is 37.5 Å². The predicted molar refractivity (Wildman–Crippen MR) is 87.7 cm³/mol. The van der Waals surface area contributed by atoms with Crippen molar-refractivity contribution >= 4 is 12.0 Å². The van der Waals surface area contributed by atoms with Crippen LogP contribution >= 0.6 is 0 Å². The van der Waals surface area contributed by atoms with Gasteiger partial charge in [0.25, 0.3) is 0 Å². The summed E-state index contributed by atoms with van der Waals surface area (Å²) in [6, 6.07) is 0.0338. The van der Waals surface area contributed by atoms with Crippen LogP contribution in [0.2, 0.25) is 0 Å². The lowest BCUT2D eigenvalue weighted by Crippen LogP contribution is -2.57. The number of alkyl halides is 3. The van der Waals surface area contributed by atoms with Crippen LogP contribution in [0.5, 0.6) is 0 Å². The van der Waals surface area contributed by atoms with Crippen molar-refractivity contribution < 1.29 is 27.9 Å². The minimum atomic E-state index is -4.37. The fourth-order valence-electron chi connectivity index (χ4n) is 4.88. The first-order chi connectivity index (χ1) is 12.1. The number of likely N-dealkylation sites (tertiary alicyclic amines) is 2. The summed E-state index contributed by atoms with van der Waals surface area (Å²) in [6.07, 6.45) is -1.31. The number of piperidine rings is 1. The second kappa shape index (κ2) is 6.90. The van der Waals surface area contributed by atoms with E-state index in [4.69, 9.17) is 5.11 Å². The molecular formula is C17H26F3N3O3. The average Bonchev–Trinajstić information content (AvgIpc) is 2.96. The summed E-state index contributed by atoms with van der Waals surface area (Å²) in [5.74, 6) is -0.525. The second-order valence-electron chi connectivity index (χ2n) is 8.05. The fourth-order valence-corrected chi connectivity index (χ4v) is 4.88. The van der Waals surface area contributed by atoms with E-state index >= 15 is 0 Å². The average molecular weight is 377 g/mol. The van der Waals surface area contributed by atoms with Gasteiger partial charge in [-0.3, -0.25) is 4.79 Å². The molecule has 1 aliphatic carbocycles. The Balaban J connectivity index is 1.48. The van der Waals surface area contributed by atoms with Crippen LogP contribution in [-0.2, 0) is 4.79 Å². The number of hydrogen-bond donors (Lipinski definition) is 1. The second-order valence-corrected chi connectivity index (χ2v) is 8.05. The van der Waals surface area contributed by atoms with E-state index in [1.54, 1.807) is 0 Å². The smallest absolute Gasteiger partial charge is 0.407 e. The molecule has 1 spiro atoms. The van der Waals surface area contributed by atoms with Crippen molar-refractivity contribution in [1.82, 2.24) is 14.7 Å². The first-order valence-corrected chi connectivity index (χ1v) is 9.14. The quantitative estimate of drug-likeness (QED) is 0.820. The van der Waals surface area contributed by atoms with E-state index in [9.17, 15) is 22.8 Å². The summed E-state index contributed by atoms with van der Waals surface area (Å²) in [7, 11) is 0. The van der Waals surface area contributed by atoms with Crippen molar-refractivity contribution in [3.05, 3.63) is 0 Å². The highest BCUT2D eigenvalue weighted by Crippen LogP contribution is 2.50. The fraction of sp³-hybridized carbons (Fsp3) is 0.882. The lowest BCUT2D eigenvalue weighted by atomic mass is 9.64. The van der Waals surface area contributed by atoms with Gasteiger partial charge in [-0.25, -0.2) is 4.79 Å². The molecule has 0 unspecified atom stereocenters. The van der Waals surface area contributed by atoms with Gasteiger partial charge in [0.15, 0.2) is 0 Å². The number of amides is 2. The first kappa shape index (κ1) is 19.3. The van der Waals surface area contributed by atoms with E-state index in [2.05, 4.69) is 4.90 Å². The molecule has 0 aromatic heterocycles. The Kier molecular flexibility index (Phi) is 5.11. The number of carboxylic acid groups (broad SMARTS) is 1. The normalized spacial score (nSPS) is 30.5. The molecule has 0 aromatic carbocycles. The van der Waals surface area contributed by atoms with E-state index in [0.29, 0.717) is 45.1 Å². The van der Waals surface area contributed by atoms with Crippen molar-refractivity contribution in [1.29, 1.82) is 0 Å². The molecule has 0 bridgehead atoms. The van der Waals surface area contributed by atoms with Gasteiger partial charge in [-0.2, -0.15) is 13.2 Å². The van der Waals surface area contributed by atoms with Crippen LogP contribution in [0.1, 0.15) is 39.0 Å². The van der Waals surface area contributed by atoms with E-state index in [-0.39, 0.29) is 11.5 Å². The number of carbonyl (C=O) groups excluding carboxylic acids is 1. The Morgan fingerprint density at radius 1 is 1.19 bits per heavy atom. The van der Waals surface area contributed by atoms with Gasteiger partial charge >= 0.3 is 12.3 Å². The van der Waals surface area contributed by atoms with E-state index in [0.717, 1.165) is 24.2 Å². The monoisotopic (exact) mass is 377 g/mol. The Bertz CT molecular complexity index is 555. The largest absolute Gasteiger partial charge is 0.465 e. The van der Waals surface area contributed by atoms with Crippen molar-refractivity contribution in [3.8, 4) is 0 Å². The third-order valence-corrected chi connectivity index (χ3v) is 6.26. The van der Waals surface area contributed by atoms with Crippen molar-refractivity contribution in [2.75, 3.05) is 32.7 Å². The first-order valence-electron chi connectivity index (χ1n) is 9.14. The Morgan fingerprint density at radius 2 is 1.81 bits per heavy atom. The molecule has 0 radical (unpaired) electrons. The highest BCUT2D eigenvalue weighted by molar-refractivity contribution is 5.73. The molecule has 2 aliphatic heterocycles. The number of halogens is 3. The molecule has 0 aromatic rings. The maximum Gasteiger partial charge on any atom is 0.407 e. The van der Waals surface area contributed by atoms with Crippen molar-refractivity contribution in [2.24, 2.45) is 5.41 Å². The van der Waals surface area contributed by atoms with Gasteiger partial charge in [-0.15, -0.1) is 0 Å². The van der Waals surface area contributed by atoms with Gasteiger partial charge in [0.2, 0.25) is 5.91 Å². The molecule has 3 fully saturated rings. The minimum absolute atomic E-state index is 0.0988. The zero-order valence-corrected chi connectivity index (χ0v) is 15.0. The zero-order chi connectivity index (χ0) is 19.1. The summed E-state index contributed by atoms with van der Waals surface area (Å²) < 4.78 is 38.1. The molecule has 2 heterocycles. The third kappa shape index (κ3) is 4.07. The van der Waals surface area contributed by atoms with Gasteiger partial charge < -0.3 is 19.8 Å². The van der Waals surface area contributed by atoms with Crippen LogP contribution in [0, 0.1) is 5.41 Å². The molecule has 2 amide bonds. The topological polar surface area (TPSA) is 64.1 Å². The number of rotatable bonds is 3. The molecule has 1 N–H and O–H groups in total. The highest BCUT2D eigenvalue weighted by atomic mass is 19.4. The van der Waals surface area contributed by atoms with Gasteiger partial charge in [0.1, 0.15) is 6.54 Å². The van der Waals surface area contributed by atoms with E-state index in [1.807, 2.05) is 0 Å². The molecule has 3 aliphatic rings. The summed E-state index contributed by atoms with van der Waals surface area (Å²) in [4.78, 5) is 27.4. The summed E-state index contributed by atoms with van der Waals surface area (Å²) >= 11 is 0. The van der Waals surface area contributed by atoms with Crippen LogP contribution in [0.3, 0.4) is 0 Å². The van der Waals surface area contributed by atoms with Crippen LogP contribution in [-0.4, -0.2) is 82.8 Å². The third-order valence-electron chi connectivity index (χ3n) is 6.26. The van der Waals surface area contributed by atoms with Gasteiger partial charge in [0, 0.05) is 45.2 Å². The van der Waals surface area contributed by atoms with Crippen LogP contribution in [0.25, 0.3) is 0 Å². The molecule has 2 saturated heterocycles. The van der Waals surface area contributed by atoms with E-state index < -0.39 is 24.7 Å². The minimum Gasteiger partial charge on any atom is -0.465 e. The summed E-state index contributed by atoms with van der Waals surface area (Å²) in [5.41, 5.74) is 0.0988. The van der Waals surface area contributed by atoms with Gasteiger partial charge in [-0.1, -0.05) is 0 Å².